The first kappa shape index (κ1) is 1.81. The molecule has 0 fully saturated rings. The van der Waals surface area contributed by atoms with Crippen LogP contribution in [-0.2, 0) is 0 Å². The zero-order chi connectivity index (χ0) is 4.41. The van der Waals surface area contributed by atoms with Gasteiger partial charge in [0.1, 0.15) is 0 Å². The standard InChI is InChI=1S/C5H6/c1-2-4-5-3-1/h1-4H,5H2/i5T. The lowest BCUT2D eigenvalue weighted by molar-refractivity contribution is 1.45. The zero-order valence-electron chi connectivity index (χ0n) is 3.89. The largest absolute Gasteiger partial charge is 0.0808 e. The highest BCUT2D eigenvalue weighted by molar-refractivity contribution is 5.11. The Morgan fingerprint density at radius 2 is 2.00 bits per heavy atom. The summed E-state index contributed by atoms with van der Waals surface area (Å²) in [6, 6.07) is 0. The molecule has 0 aromatic heterocycles. The summed E-state index contributed by atoms with van der Waals surface area (Å²) in [6.45, 7) is 0. The van der Waals surface area contributed by atoms with Crippen LogP contribution in [0.3, 0.4) is 0 Å². The van der Waals surface area contributed by atoms with E-state index in [0.717, 1.165) is 0 Å². The Hall–Kier alpha value is -0.520. The summed E-state index contributed by atoms with van der Waals surface area (Å²) < 4.78 is 6.96. The van der Waals surface area contributed by atoms with E-state index < -0.39 is 0 Å². The third-order valence-corrected chi connectivity index (χ3v) is 0.556. The average Bonchev–Trinajstić information content (AvgIpc) is 1.86. The van der Waals surface area contributed by atoms with Crippen molar-refractivity contribution in [1.82, 2.24) is 0 Å². The van der Waals surface area contributed by atoms with Gasteiger partial charge in [0.2, 0.25) is 0 Å². The van der Waals surface area contributed by atoms with Gasteiger partial charge in [0.25, 0.3) is 0 Å². The van der Waals surface area contributed by atoms with E-state index in [-0.39, 0.29) is 6.40 Å². The molecule has 0 radical (unpaired) electrons. The zero-order valence-corrected chi connectivity index (χ0v) is 2.89. The Morgan fingerprint density at radius 3 is 2.20 bits per heavy atom. The monoisotopic (exact) mass is 68.1 g/mol. The Bertz CT molecular complexity index is 80.1. The number of hydrogen-bond donors (Lipinski definition) is 0. The maximum Gasteiger partial charge on any atom is 0.0353 e. The van der Waals surface area contributed by atoms with Crippen molar-refractivity contribution in [2.24, 2.45) is 0 Å². The van der Waals surface area contributed by atoms with E-state index in [4.69, 9.17) is 1.37 Å². The van der Waals surface area contributed by atoms with Gasteiger partial charge in [-0.25, -0.2) is 0 Å². The van der Waals surface area contributed by atoms with Gasteiger partial charge in [0.05, 0.1) is 0 Å². The van der Waals surface area contributed by atoms with Crippen LogP contribution in [-0.4, -0.2) is 0 Å². The lowest BCUT2D eigenvalue weighted by Gasteiger charge is -1.57. The lowest BCUT2D eigenvalue weighted by Crippen LogP contribution is -1.37. The summed E-state index contributed by atoms with van der Waals surface area (Å²) in [7, 11) is 0. The van der Waals surface area contributed by atoms with E-state index in [1.165, 1.54) is 0 Å². The van der Waals surface area contributed by atoms with Gasteiger partial charge in [-0.15, -0.1) is 0 Å². The molecule has 0 saturated carbocycles. The van der Waals surface area contributed by atoms with Gasteiger partial charge in [-0.05, 0) is 6.40 Å². The third-order valence-electron chi connectivity index (χ3n) is 0.556. The van der Waals surface area contributed by atoms with Gasteiger partial charge < -0.3 is 0 Å². The highest BCUT2D eigenvalue weighted by atomic mass is 13.8. The molecule has 0 bridgehead atoms. The van der Waals surface area contributed by atoms with E-state index in [2.05, 4.69) is 0 Å². The van der Waals surface area contributed by atoms with Crippen molar-refractivity contribution in [2.75, 3.05) is 0 Å². The summed E-state index contributed by atoms with van der Waals surface area (Å²) in [6.07, 6.45) is 7.38. The molecule has 1 rings (SSSR count). The predicted molar refractivity (Wildman–Crippen MR) is 22.9 cm³/mol. The Labute approximate surface area is 33.2 Å². The van der Waals surface area contributed by atoms with E-state index in [0.29, 0.717) is 0 Å². The average molecular weight is 68.1 g/mol. The van der Waals surface area contributed by atoms with Crippen LogP contribution in [0.1, 0.15) is 7.77 Å². The van der Waals surface area contributed by atoms with Crippen LogP contribution < -0.4 is 0 Å². The van der Waals surface area contributed by atoms with E-state index in [1.54, 1.807) is 0 Å². The van der Waals surface area contributed by atoms with Crippen molar-refractivity contribution in [2.45, 2.75) is 6.40 Å². The maximum atomic E-state index is 6.96. The van der Waals surface area contributed by atoms with Gasteiger partial charge in [0.15, 0.2) is 0 Å². The summed E-state index contributed by atoms with van der Waals surface area (Å²) in [5, 5.41) is 0. The second kappa shape index (κ2) is 1.07. The molecule has 26 valence electrons. The van der Waals surface area contributed by atoms with Crippen molar-refractivity contribution >= 4 is 0 Å². The topological polar surface area (TPSA) is 0 Å². The molecule has 0 heteroatoms. The molecule has 0 nitrogen and oxygen atoms in total. The summed E-state index contributed by atoms with van der Waals surface area (Å²) >= 11 is 0. The normalized spacial score (nSPS) is 24.4. The smallest absolute Gasteiger partial charge is 0.0353 e. The molecule has 5 heavy (non-hydrogen) atoms. The van der Waals surface area contributed by atoms with Crippen LogP contribution >= 0.6 is 0 Å². The molecule has 0 amide bonds. The van der Waals surface area contributed by atoms with E-state index in [9.17, 15) is 0 Å². The van der Waals surface area contributed by atoms with Gasteiger partial charge >= 0.3 is 0 Å². The number of rotatable bonds is 0. The molecule has 0 aromatic rings. The van der Waals surface area contributed by atoms with Gasteiger partial charge in [-0.1, -0.05) is 24.3 Å². The SMILES string of the molecule is [3H]C1C=CC=C1. The van der Waals surface area contributed by atoms with Crippen LogP contribution in [0.5, 0.6) is 0 Å². The second-order valence-electron chi connectivity index (χ2n) is 0.962. The molecular formula is C5H6. The quantitative estimate of drug-likeness (QED) is 0.403. The third kappa shape index (κ3) is 0.380. The summed E-state index contributed by atoms with van der Waals surface area (Å²) in [4.78, 5) is 0. The first-order valence-corrected chi connectivity index (χ1v) is 1.67. The molecule has 0 unspecified atom stereocenters. The fourth-order valence-electron chi connectivity index (χ4n) is 0.321. The van der Waals surface area contributed by atoms with Crippen molar-refractivity contribution in [3.8, 4) is 0 Å². The molecule has 1 aliphatic carbocycles. The molecule has 0 spiro atoms. The molecule has 0 saturated heterocycles. The predicted octanol–water partition coefficient (Wildman–Crippen LogP) is 1.50. The van der Waals surface area contributed by atoms with Crippen LogP contribution in [0, 0.1) is 0 Å². The van der Waals surface area contributed by atoms with E-state index >= 15 is 0 Å². The highest BCUT2D eigenvalue weighted by Crippen LogP contribution is 1.93. The lowest BCUT2D eigenvalue weighted by atomic mass is 10.5. The second-order valence-corrected chi connectivity index (χ2v) is 0.962. The van der Waals surface area contributed by atoms with E-state index in [1.807, 2.05) is 24.3 Å². The molecule has 0 atom stereocenters. The summed E-state index contributed by atoms with van der Waals surface area (Å²) in [5.74, 6) is 0. The molecule has 0 aliphatic heterocycles. The minimum atomic E-state index is -0.0648. The van der Waals surface area contributed by atoms with Crippen molar-refractivity contribution in [3.63, 3.8) is 0 Å². The van der Waals surface area contributed by atoms with Crippen LogP contribution in [0.4, 0.5) is 0 Å². The van der Waals surface area contributed by atoms with Crippen molar-refractivity contribution < 1.29 is 1.37 Å². The Morgan fingerprint density at radius 1 is 1.40 bits per heavy atom. The summed E-state index contributed by atoms with van der Waals surface area (Å²) in [5.41, 5.74) is 0. The first-order chi connectivity index (χ1) is 2.89. The number of hydrogen-bond acceptors (Lipinski definition) is 0. The molecule has 0 heterocycles. The Balaban J connectivity index is 2.60. The first-order valence-electron chi connectivity index (χ1n) is 2.24. The minimum absolute atomic E-state index is 0.0648. The molecular weight excluding hydrogens is 60.1 g/mol. The maximum absolute atomic E-state index is 6.96. The van der Waals surface area contributed by atoms with Crippen molar-refractivity contribution in [3.05, 3.63) is 24.3 Å². The molecule has 0 N–H and O–H groups in total. The van der Waals surface area contributed by atoms with Gasteiger partial charge in [0, 0.05) is 1.37 Å². The Kier molecular flexibility index (Phi) is 0.385. The van der Waals surface area contributed by atoms with Gasteiger partial charge in [-0.2, -0.15) is 0 Å². The molecule has 1 aliphatic rings. The number of allylic oxidation sites excluding steroid dienone is 4. The van der Waals surface area contributed by atoms with Crippen LogP contribution in [0.25, 0.3) is 0 Å². The minimum Gasteiger partial charge on any atom is -0.0808 e. The highest BCUT2D eigenvalue weighted by Gasteiger charge is 1.72. The van der Waals surface area contributed by atoms with Crippen LogP contribution in [0.15, 0.2) is 24.3 Å². The van der Waals surface area contributed by atoms with Crippen molar-refractivity contribution in [1.29, 1.82) is 0 Å². The molecule has 0 aromatic carbocycles. The van der Waals surface area contributed by atoms with Crippen LogP contribution in [0.2, 0.25) is 0 Å². The fourth-order valence-corrected chi connectivity index (χ4v) is 0.321. The fraction of sp³-hybridized carbons (Fsp3) is 0.200. The van der Waals surface area contributed by atoms with Gasteiger partial charge in [-0.3, -0.25) is 0 Å².